The van der Waals surface area contributed by atoms with Crippen molar-refractivity contribution >= 4 is 28.5 Å². The van der Waals surface area contributed by atoms with Gasteiger partial charge in [0, 0.05) is 19.3 Å². The number of carbonyl (C=O) groups is 1. The maximum atomic E-state index is 12.0. The van der Waals surface area contributed by atoms with E-state index in [4.69, 9.17) is 4.74 Å². The van der Waals surface area contributed by atoms with Crippen molar-refractivity contribution < 1.29 is 9.53 Å². The molecule has 0 spiro atoms. The lowest BCUT2D eigenvalue weighted by Crippen LogP contribution is -2.38. The zero-order valence-corrected chi connectivity index (χ0v) is 15.0. The van der Waals surface area contributed by atoms with Crippen LogP contribution >= 0.6 is 11.3 Å². The number of para-hydroxylation sites is 1. The molecule has 0 radical (unpaired) electrons. The molecule has 1 amide bonds. The Hall–Kier alpha value is -3.00. The molecule has 1 fully saturated rings. The average molecular weight is 367 g/mol. The number of hydrogen-bond acceptors (Lipinski definition) is 7. The Morgan fingerprint density at radius 3 is 2.73 bits per heavy atom. The molecule has 1 N–H and O–H groups in total. The number of nitrogens with zero attached hydrogens (tertiary/aromatic N) is 4. The molecule has 1 saturated heterocycles. The second-order valence-corrected chi connectivity index (χ2v) is 6.84. The first-order valence-electron chi connectivity index (χ1n) is 8.29. The summed E-state index contributed by atoms with van der Waals surface area (Å²) in [6, 6.07) is 10.8. The molecule has 8 heteroatoms. The van der Waals surface area contributed by atoms with E-state index in [0.29, 0.717) is 10.9 Å². The van der Waals surface area contributed by atoms with Crippen molar-refractivity contribution in [3.63, 3.8) is 0 Å². The maximum Gasteiger partial charge on any atom is 0.418 e. The van der Waals surface area contributed by atoms with Crippen LogP contribution in [-0.2, 0) is 0 Å². The third-order valence-corrected chi connectivity index (χ3v) is 5.07. The normalized spacial score (nSPS) is 13.2. The van der Waals surface area contributed by atoms with Crippen LogP contribution in [0.15, 0.2) is 42.6 Å². The third-order valence-electron chi connectivity index (χ3n) is 3.97. The first-order chi connectivity index (χ1) is 12.7. The molecule has 2 aromatic heterocycles. The fraction of sp³-hybridized carbons (Fsp3) is 0.222. The summed E-state index contributed by atoms with van der Waals surface area (Å²) in [7, 11) is 0. The second-order valence-electron chi connectivity index (χ2n) is 5.84. The highest BCUT2D eigenvalue weighted by Crippen LogP contribution is 2.32. The second kappa shape index (κ2) is 7.09. The van der Waals surface area contributed by atoms with E-state index in [-0.39, 0.29) is 0 Å². The van der Waals surface area contributed by atoms with Crippen LogP contribution in [0, 0.1) is 6.92 Å². The molecule has 7 nitrogen and oxygen atoms in total. The molecule has 26 heavy (non-hydrogen) atoms. The maximum absolute atomic E-state index is 12.0. The molecule has 1 aliphatic heterocycles. The lowest BCUT2D eigenvalue weighted by atomic mass is 10.2. The van der Waals surface area contributed by atoms with Gasteiger partial charge in [-0.2, -0.15) is 0 Å². The molecule has 1 aliphatic rings. The van der Waals surface area contributed by atoms with E-state index in [1.54, 1.807) is 30.5 Å². The average Bonchev–Trinajstić information content (AvgIpc) is 2.94. The SMILES string of the molecule is Cc1nc(NC(=O)Oc2ccccc2)sc1-c1ccnc(N2CCC2)n1. The fourth-order valence-corrected chi connectivity index (χ4v) is 3.46. The van der Waals surface area contributed by atoms with Crippen LogP contribution in [0.1, 0.15) is 12.1 Å². The van der Waals surface area contributed by atoms with E-state index in [1.807, 2.05) is 19.1 Å². The zero-order chi connectivity index (χ0) is 17.9. The number of hydrogen-bond donors (Lipinski definition) is 1. The first kappa shape index (κ1) is 16.5. The van der Waals surface area contributed by atoms with E-state index in [0.717, 1.165) is 35.3 Å². The number of nitrogens with one attached hydrogen (secondary N) is 1. The van der Waals surface area contributed by atoms with Crippen LogP contribution < -0.4 is 15.0 Å². The van der Waals surface area contributed by atoms with Crippen LogP contribution in [-0.4, -0.2) is 34.1 Å². The van der Waals surface area contributed by atoms with Crippen molar-refractivity contribution in [3.8, 4) is 16.3 Å². The fourth-order valence-electron chi connectivity index (χ4n) is 2.54. The monoisotopic (exact) mass is 367 g/mol. The number of anilines is 2. The molecule has 132 valence electrons. The van der Waals surface area contributed by atoms with E-state index >= 15 is 0 Å². The lowest BCUT2D eigenvalue weighted by Gasteiger charge is -2.30. The molecule has 3 heterocycles. The number of aromatic nitrogens is 3. The van der Waals surface area contributed by atoms with Gasteiger partial charge in [0.2, 0.25) is 5.95 Å². The number of benzene rings is 1. The summed E-state index contributed by atoms with van der Waals surface area (Å²) >= 11 is 1.37. The summed E-state index contributed by atoms with van der Waals surface area (Å²) in [5.41, 5.74) is 1.61. The summed E-state index contributed by atoms with van der Waals surface area (Å²) in [5.74, 6) is 1.22. The quantitative estimate of drug-likeness (QED) is 0.757. The molecule has 0 unspecified atom stereocenters. The number of ether oxygens (including phenoxy) is 1. The van der Waals surface area contributed by atoms with Crippen LogP contribution in [0.5, 0.6) is 5.75 Å². The largest absolute Gasteiger partial charge is 0.418 e. The molecular weight excluding hydrogens is 350 g/mol. The van der Waals surface area contributed by atoms with Gasteiger partial charge >= 0.3 is 6.09 Å². The van der Waals surface area contributed by atoms with Crippen LogP contribution in [0.25, 0.3) is 10.6 Å². The number of aryl methyl sites for hydroxylation is 1. The lowest BCUT2D eigenvalue weighted by molar-refractivity contribution is 0.215. The summed E-state index contributed by atoms with van der Waals surface area (Å²) in [4.78, 5) is 28.4. The van der Waals surface area contributed by atoms with Crippen molar-refractivity contribution in [1.29, 1.82) is 0 Å². The molecule has 0 bridgehead atoms. The van der Waals surface area contributed by atoms with Gasteiger partial charge in [-0.25, -0.2) is 19.7 Å². The van der Waals surface area contributed by atoms with Crippen LogP contribution in [0.2, 0.25) is 0 Å². The Morgan fingerprint density at radius 2 is 2.00 bits per heavy atom. The van der Waals surface area contributed by atoms with Crippen molar-refractivity contribution in [2.75, 3.05) is 23.3 Å². The summed E-state index contributed by atoms with van der Waals surface area (Å²) in [6.07, 6.45) is 2.36. The highest BCUT2D eigenvalue weighted by molar-refractivity contribution is 7.19. The van der Waals surface area contributed by atoms with Gasteiger partial charge in [-0.3, -0.25) is 5.32 Å². The Balaban J connectivity index is 1.49. The number of amides is 1. The van der Waals surface area contributed by atoms with Gasteiger partial charge in [0.05, 0.1) is 16.3 Å². The van der Waals surface area contributed by atoms with Crippen LogP contribution in [0.4, 0.5) is 15.9 Å². The van der Waals surface area contributed by atoms with Crippen molar-refractivity contribution in [2.45, 2.75) is 13.3 Å². The molecule has 1 aromatic carbocycles. The van der Waals surface area contributed by atoms with Crippen molar-refractivity contribution in [2.24, 2.45) is 0 Å². The predicted octanol–water partition coefficient (Wildman–Crippen LogP) is 3.73. The summed E-state index contributed by atoms with van der Waals surface area (Å²) in [5, 5.41) is 3.15. The van der Waals surface area contributed by atoms with Gasteiger partial charge in [0.1, 0.15) is 5.75 Å². The van der Waals surface area contributed by atoms with E-state index in [1.165, 1.54) is 17.8 Å². The van der Waals surface area contributed by atoms with Gasteiger partial charge in [-0.05, 0) is 31.5 Å². The molecule has 4 rings (SSSR count). The highest BCUT2D eigenvalue weighted by Gasteiger charge is 2.19. The third kappa shape index (κ3) is 3.50. The van der Waals surface area contributed by atoms with Gasteiger partial charge in [0.15, 0.2) is 5.13 Å². The van der Waals surface area contributed by atoms with Gasteiger partial charge in [0.25, 0.3) is 0 Å². The first-order valence-corrected chi connectivity index (χ1v) is 9.10. The molecule has 0 aliphatic carbocycles. The molecule has 0 saturated carbocycles. The summed E-state index contributed by atoms with van der Waals surface area (Å²) < 4.78 is 5.23. The van der Waals surface area contributed by atoms with Crippen LogP contribution in [0.3, 0.4) is 0 Å². The predicted molar refractivity (Wildman–Crippen MR) is 101 cm³/mol. The van der Waals surface area contributed by atoms with E-state index in [2.05, 4.69) is 25.2 Å². The Morgan fingerprint density at radius 1 is 1.19 bits per heavy atom. The minimum absolute atomic E-state index is 0.475. The van der Waals surface area contributed by atoms with E-state index < -0.39 is 6.09 Å². The Bertz CT molecular complexity index is 924. The van der Waals surface area contributed by atoms with Crippen molar-refractivity contribution in [1.82, 2.24) is 15.0 Å². The Kier molecular flexibility index (Phi) is 4.49. The smallest absolute Gasteiger partial charge is 0.410 e. The zero-order valence-electron chi connectivity index (χ0n) is 14.2. The topological polar surface area (TPSA) is 80.2 Å². The standard InChI is InChI=1S/C18H17N5O2S/c1-12-15(14-8-9-19-16(21-14)23-10-5-11-23)26-17(20-12)22-18(24)25-13-6-3-2-4-7-13/h2-4,6-9H,5,10-11H2,1H3,(H,20,22,24). The summed E-state index contributed by atoms with van der Waals surface area (Å²) in [6.45, 7) is 3.87. The number of rotatable bonds is 4. The molecular formula is C18H17N5O2S. The molecule has 3 aromatic rings. The number of thiazole rings is 1. The van der Waals surface area contributed by atoms with Gasteiger partial charge in [-0.1, -0.05) is 29.5 Å². The van der Waals surface area contributed by atoms with Gasteiger partial charge in [-0.15, -0.1) is 0 Å². The van der Waals surface area contributed by atoms with Gasteiger partial charge < -0.3 is 9.64 Å². The molecule has 0 atom stereocenters. The van der Waals surface area contributed by atoms with E-state index in [9.17, 15) is 4.79 Å². The highest BCUT2D eigenvalue weighted by atomic mass is 32.1. The minimum Gasteiger partial charge on any atom is -0.410 e. The van der Waals surface area contributed by atoms with Crippen molar-refractivity contribution in [3.05, 3.63) is 48.3 Å². The number of carbonyl (C=O) groups excluding carboxylic acids is 1. The minimum atomic E-state index is -0.569. The Labute approximate surface area is 154 Å².